The lowest BCUT2D eigenvalue weighted by Gasteiger charge is -2.16. The molecule has 3 nitrogen and oxygen atoms in total. The average molecular weight is 223 g/mol. The fraction of sp³-hybridized carbons (Fsp3) is 0.538. The molecule has 0 spiro atoms. The van der Waals surface area contributed by atoms with Crippen molar-refractivity contribution in [3.63, 3.8) is 0 Å². The maximum Gasteiger partial charge on any atom is 0.123 e. The van der Waals surface area contributed by atoms with Crippen molar-refractivity contribution in [3.8, 4) is 5.75 Å². The van der Waals surface area contributed by atoms with Gasteiger partial charge in [-0.25, -0.2) is 0 Å². The predicted octanol–water partition coefficient (Wildman–Crippen LogP) is 2.43. The molecule has 0 aromatic heterocycles. The van der Waals surface area contributed by atoms with E-state index in [2.05, 4.69) is 6.92 Å². The van der Waals surface area contributed by atoms with Gasteiger partial charge < -0.3 is 15.2 Å². The SMILES string of the molecule is CCCOCC(N)c1ccc(C)cc1OC. The highest BCUT2D eigenvalue weighted by Gasteiger charge is 2.11. The molecule has 0 saturated heterocycles. The van der Waals surface area contributed by atoms with Crippen molar-refractivity contribution >= 4 is 0 Å². The molecular formula is C13H21NO2. The van der Waals surface area contributed by atoms with Gasteiger partial charge in [0.1, 0.15) is 5.75 Å². The Hall–Kier alpha value is -1.06. The van der Waals surface area contributed by atoms with E-state index < -0.39 is 0 Å². The zero-order chi connectivity index (χ0) is 12.0. The van der Waals surface area contributed by atoms with Crippen LogP contribution in [0.3, 0.4) is 0 Å². The Morgan fingerprint density at radius 2 is 2.12 bits per heavy atom. The minimum absolute atomic E-state index is 0.123. The molecule has 90 valence electrons. The monoisotopic (exact) mass is 223 g/mol. The van der Waals surface area contributed by atoms with E-state index in [4.69, 9.17) is 15.2 Å². The van der Waals surface area contributed by atoms with Crippen LogP contribution in [0.1, 0.15) is 30.5 Å². The van der Waals surface area contributed by atoms with Crippen LogP contribution in [-0.2, 0) is 4.74 Å². The first-order valence-electron chi connectivity index (χ1n) is 5.67. The number of nitrogens with two attached hydrogens (primary N) is 1. The average Bonchev–Trinajstić information content (AvgIpc) is 2.29. The van der Waals surface area contributed by atoms with E-state index in [9.17, 15) is 0 Å². The van der Waals surface area contributed by atoms with E-state index in [1.54, 1.807) is 7.11 Å². The molecule has 0 saturated carbocycles. The Morgan fingerprint density at radius 1 is 1.38 bits per heavy atom. The number of hydrogen-bond acceptors (Lipinski definition) is 3. The highest BCUT2D eigenvalue weighted by Crippen LogP contribution is 2.25. The molecule has 1 atom stereocenters. The third-order valence-corrected chi connectivity index (χ3v) is 2.43. The van der Waals surface area contributed by atoms with Gasteiger partial charge in [-0.3, -0.25) is 0 Å². The highest BCUT2D eigenvalue weighted by atomic mass is 16.5. The van der Waals surface area contributed by atoms with Crippen molar-refractivity contribution in [2.75, 3.05) is 20.3 Å². The number of ether oxygens (including phenoxy) is 2. The molecule has 1 rings (SSSR count). The number of rotatable bonds is 6. The van der Waals surface area contributed by atoms with Gasteiger partial charge in [0, 0.05) is 12.2 Å². The van der Waals surface area contributed by atoms with Gasteiger partial charge in [-0.15, -0.1) is 0 Å². The van der Waals surface area contributed by atoms with Crippen LogP contribution in [0.25, 0.3) is 0 Å². The Balaban J connectivity index is 2.70. The second-order valence-corrected chi connectivity index (χ2v) is 3.93. The quantitative estimate of drug-likeness (QED) is 0.753. The molecule has 3 heteroatoms. The molecule has 2 N–H and O–H groups in total. The zero-order valence-electron chi connectivity index (χ0n) is 10.3. The molecule has 0 heterocycles. The lowest BCUT2D eigenvalue weighted by molar-refractivity contribution is 0.121. The maximum absolute atomic E-state index is 6.06. The topological polar surface area (TPSA) is 44.5 Å². The summed E-state index contributed by atoms with van der Waals surface area (Å²) in [7, 11) is 1.66. The van der Waals surface area contributed by atoms with Crippen molar-refractivity contribution in [3.05, 3.63) is 29.3 Å². The summed E-state index contributed by atoms with van der Waals surface area (Å²) in [6.45, 7) is 5.40. The maximum atomic E-state index is 6.06. The molecule has 0 amide bonds. The summed E-state index contributed by atoms with van der Waals surface area (Å²) in [5.41, 5.74) is 8.23. The van der Waals surface area contributed by atoms with Gasteiger partial charge in [-0.1, -0.05) is 19.1 Å². The first-order valence-corrected chi connectivity index (χ1v) is 5.67. The Kier molecular flexibility index (Phi) is 5.29. The first-order chi connectivity index (χ1) is 7.69. The van der Waals surface area contributed by atoms with Crippen LogP contribution in [0.4, 0.5) is 0 Å². The first kappa shape index (κ1) is 13.0. The molecular weight excluding hydrogens is 202 g/mol. The predicted molar refractivity (Wildman–Crippen MR) is 65.8 cm³/mol. The minimum atomic E-state index is -0.123. The Morgan fingerprint density at radius 3 is 2.75 bits per heavy atom. The summed E-state index contributed by atoms with van der Waals surface area (Å²) in [5, 5.41) is 0. The van der Waals surface area contributed by atoms with E-state index >= 15 is 0 Å². The fourth-order valence-corrected chi connectivity index (χ4v) is 1.57. The van der Waals surface area contributed by atoms with E-state index in [-0.39, 0.29) is 6.04 Å². The Bertz CT molecular complexity index is 326. The summed E-state index contributed by atoms with van der Waals surface area (Å²) in [6, 6.07) is 5.92. The third kappa shape index (κ3) is 3.51. The van der Waals surface area contributed by atoms with E-state index in [0.29, 0.717) is 6.61 Å². The molecule has 16 heavy (non-hydrogen) atoms. The van der Waals surface area contributed by atoms with Crippen LogP contribution in [0.5, 0.6) is 5.75 Å². The van der Waals surface area contributed by atoms with Gasteiger partial charge in [0.25, 0.3) is 0 Å². The molecule has 1 aromatic carbocycles. The summed E-state index contributed by atoms with van der Waals surface area (Å²) in [5.74, 6) is 0.840. The number of benzene rings is 1. The van der Waals surface area contributed by atoms with Crippen LogP contribution in [-0.4, -0.2) is 20.3 Å². The largest absolute Gasteiger partial charge is 0.496 e. The second kappa shape index (κ2) is 6.51. The van der Waals surface area contributed by atoms with Gasteiger partial charge in [0.05, 0.1) is 19.8 Å². The van der Waals surface area contributed by atoms with Crippen molar-refractivity contribution < 1.29 is 9.47 Å². The number of aryl methyl sites for hydroxylation is 1. The van der Waals surface area contributed by atoms with Gasteiger partial charge in [-0.05, 0) is 25.0 Å². The number of hydrogen-bond donors (Lipinski definition) is 1. The Labute approximate surface area is 97.6 Å². The van der Waals surface area contributed by atoms with Crippen molar-refractivity contribution in [1.82, 2.24) is 0 Å². The molecule has 1 unspecified atom stereocenters. The normalized spacial score (nSPS) is 12.5. The van der Waals surface area contributed by atoms with Crippen molar-refractivity contribution in [1.29, 1.82) is 0 Å². The van der Waals surface area contributed by atoms with Gasteiger partial charge in [-0.2, -0.15) is 0 Å². The lowest BCUT2D eigenvalue weighted by Crippen LogP contribution is -2.18. The van der Waals surface area contributed by atoms with Gasteiger partial charge in [0.15, 0.2) is 0 Å². The smallest absolute Gasteiger partial charge is 0.123 e. The standard InChI is InChI=1S/C13H21NO2/c1-4-7-16-9-12(14)11-6-5-10(2)8-13(11)15-3/h5-6,8,12H,4,7,9,14H2,1-3H3. The third-order valence-electron chi connectivity index (χ3n) is 2.43. The van der Waals surface area contributed by atoms with Crippen LogP contribution < -0.4 is 10.5 Å². The second-order valence-electron chi connectivity index (χ2n) is 3.93. The molecule has 0 aliphatic heterocycles. The summed E-state index contributed by atoms with van der Waals surface area (Å²) in [6.07, 6.45) is 1.01. The summed E-state index contributed by atoms with van der Waals surface area (Å²) >= 11 is 0. The van der Waals surface area contributed by atoms with Gasteiger partial charge in [0.2, 0.25) is 0 Å². The number of methoxy groups -OCH3 is 1. The fourth-order valence-electron chi connectivity index (χ4n) is 1.57. The summed E-state index contributed by atoms with van der Waals surface area (Å²) < 4.78 is 10.8. The van der Waals surface area contributed by atoms with Crippen LogP contribution >= 0.6 is 0 Å². The highest BCUT2D eigenvalue weighted by molar-refractivity contribution is 5.39. The zero-order valence-corrected chi connectivity index (χ0v) is 10.3. The van der Waals surface area contributed by atoms with Crippen molar-refractivity contribution in [2.24, 2.45) is 5.73 Å². The molecule has 0 radical (unpaired) electrons. The summed E-state index contributed by atoms with van der Waals surface area (Å²) in [4.78, 5) is 0. The van der Waals surface area contributed by atoms with Gasteiger partial charge >= 0.3 is 0 Å². The van der Waals surface area contributed by atoms with E-state index in [0.717, 1.165) is 24.3 Å². The molecule has 1 aromatic rings. The lowest BCUT2D eigenvalue weighted by atomic mass is 10.1. The van der Waals surface area contributed by atoms with Crippen LogP contribution in [0, 0.1) is 6.92 Å². The minimum Gasteiger partial charge on any atom is -0.496 e. The molecule has 0 bridgehead atoms. The van der Waals surface area contributed by atoms with Crippen LogP contribution in [0.15, 0.2) is 18.2 Å². The van der Waals surface area contributed by atoms with Crippen LogP contribution in [0.2, 0.25) is 0 Å². The molecule has 0 aliphatic carbocycles. The van der Waals surface area contributed by atoms with E-state index in [1.807, 2.05) is 25.1 Å². The van der Waals surface area contributed by atoms with Crippen molar-refractivity contribution in [2.45, 2.75) is 26.3 Å². The molecule has 0 aliphatic rings. The van der Waals surface area contributed by atoms with E-state index in [1.165, 1.54) is 5.56 Å². The molecule has 0 fully saturated rings.